The molecule has 0 saturated heterocycles. The van der Waals surface area contributed by atoms with Crippen molar-refractivity contribution in [2.75, 3.05) is 6.61 Å². The molecule has 0 aromatic heterocycles. The molecule has 0 radical (unpaired) electrons. The molecule has 0 amide bonds. The smallest absolute Gasteiger partial charge is 0.311 e. The van der Waals surface area contributed by atoms with Crippen molar-refractivity contribution in [3.63, 3.8) is 0 Å². The second-order valence-corrected chi connectivity index (χ2v) is 8.11. The Hall–Kier alpha value is -1.39. The van der Waals surface area contributed by atoms with E-state index in [1.807, 2.05) is 39.0 Å². The van der Waals surface area contributed by atoms with Crippen LogP contribution in [0.25, 0.3) is 0 Å². The van der Waals surface area contributed by atoms with Crippen molar-refractivity contribution in [3.05, 3.63) is 35.9 Å². The standard InChI is InChI=1S/C21H32O4/c1-20(2,3)19(22)24-15-12-18(16-17-10-6-4-7-11-17)25-21(23)13-8-5-9-14-21/h4,6-7,10-11,18,23H,5,8-9,12-16H2,1-3H3/t18-/m0/s1. The third-order valence-electron chi connectivity index (χ3n) is 4.61. The van der Waals surface area contributed by atoms with Gasteiger partial charge >= 0.3 is 5.97 Å². The molecule has 1 aliphatic rings. The fourth-order valence-electron chi connectivity index (χ4n) is 3.11. The van der Waals surface area contributed by atoms with Crippen LogP contribution in [0, 0.1) is 5.41 Å². The molecule has 0 bridgehead atoms. The molecule has 0 heterocycles. The van der Waals surface area contributed by atoms with E-state index in [1.165, 1.54) is 0 Å². The van der Waals surface area contributed by atoms with Gasteiger partial charge in [-0.3, -0.25) is 4.79 Å². The minimum Gasteiger partial charge on any atom is -0.465 e. The van der Waals surface area contributed by atoms with Gasteiger partial charge in [-0.2, -0.15) is 0 Å². The summed E-state index contributed by atoms with van der Waals surface area (Å²) in [5.74, 6) is -1.24. The monoisotopic (exact) mass is 348 g/mol. The molecule has 1 aromatic rings. The molecule has 1 fully saturated rings. The van der Waals surface area contributed by atoms with E-state index in [0.717, 1.165) is 24.8 Å². The number of carbonyl (C=O) groups excluding carboxylic acids is 1. The van der Waals surface area contributed by atoms with Gasteiger partial charge in [0, 0.05) is 19.3 Å². The Kier molecular flexibility index (Phi) is 7.03. The Bertz CT molecular complexity index is 527. The van der Waals surface area contributed by atoms with Gasteiger partial charge in [0.2, 0.25) is 0 Å². The molecule has 0 unspecified atom stereocenters. The molecule has 1 N–H and O–H groups in total. The van der Waals surface area contributed by atoms with Crippen molar-refractivity contribution in [1.29, 1.82) is 0 Å². The van der Waals surface area contributed by atoms with Gasteiger partial charge in [0.1, 0.15) is 0 Å². The van der Waals surface area contributed by atoms with E-state index in [0.29, 0.717) is 32.3 Å². The summed E-state index contributed by atoms with van der Waals surface area (Å²) < 4.78 is 11.5. The minimum absolute atomic E-state index is 0.168. The Morgan fingerprint density at radius 3 is 2.40 bits per heavy atom. The van der Waals surface area contributed by atoms with Crippen LogP contribution in [0.15, 0.2) is 30.3 Å². The molecule has 2 rings (SSSR count). The predicted molar refractivity (Wildman–Crippen MR) is 98.1 cm³/mol. The zero-order chi connectivity index (χ0) is 18.3. The van der Waals surface area contributed by atoms with Gasteiger partial charge in [-0.25, -0.2) is 0 Å². The zero-order valence-corrected chi connectivity index (χ0v) is 15.8. The van der Waals surface area contributed by atoms with Crippen molar-refractivity contribution in [2.24, 2.45) is 5.41 Å². The fraction of sp³-hybridized carbons (Fsp3) is 0.667. The van der Waals surface area contributed by atoms with Crippen LogP contribution in [0.4, 0.5) is 0 Å². The molecule has 0 spiro atoms. The largest absolute Gasteiger partial charge is 0.465 e. The van der Waals surface area contributed by atoms with Crippen LogP contribution in [0.2, 0.25) is 0 Å². The van der Waals surface area contributed by atoms with Crippen LogP contribution in [0.5, 0.6) is 0 Å². The van der Waals surface area contributed by atoms with Gasteiger partial charge in [0.15, 0.2) is 5.79 Å². The average molecular weight is 348 g/mol. The Morgan fingerprint density at radius 1 is 1.16 bits per heavy atom. The lowest BCUT2D eigenvalue weighted by Gasteiger charge is -2.35. The van der Waals surface area contributed by atoms with Crippen molar-refractivity contribution in [2.45, 2.75) is 77.6 Å². The van der Waals surface area contributed by atoms with Crippen molar-refractivity contribution in [1.82, 2.24) is 0 Å². The molecule has 4 nitrogen and oxygen atoms in total. The van der Waals surface area contributed by atoms with E-state index in [9.17, 15) is 9.90 Å². The van der Waals surface area contributed by atoms with Gasteiger partial charge in [0.25, 0.3) is 0 Å². The van der Waals surface area contributed by atoms with Gasteiger partial charge in [0.05, 0.1) is 18.1 Å². The van der Waals surface area contributed by atoms with Crippen LogP contribution in [-0.2, 0) is 20.7 Å². The third kappa shape index (κ3) is 6.79. The lowest BCUT2D eigenvalue weighted by Crippen LogP contribution is -2.40. The van der Waals surface area contributed by atoms with E-state index in [-0.39, 0.29) is 12.1 Å². The normalized spacial score (nSPS) is 18.6. The van der Waals surface area contributed by atoms with Gasteiger partial charge < -0.3 is 14.6 Å². The first-order chi connectivity index (χ1) is 11.8. The number of aliphatic hydroxyl groups is 1. The molecule has 0 aliphatic heterocycles. The first kappa shape index (κ1) is 19.9. The number of rotatable bonds is 7. The van der Waals surface area contributed by atoms with Crippen LogP contribution in [0.3, 0.4) is 0 Å². The lowest BCUT2D eigenvalue weighted by molar-refractivity contribution is -0.246. The Morgan fingerprint density at radius 2 is 1.80 bits per heavy atom. The number of ether oxygens (including phenoxy) is 2. The Balaban J connectivity index is 1.95. The molecule has 1 aliphatic carbocycles. The van der Waals surface area contributed by atoms with Gasteiger partial charge in [-0.05, 0) is 45.6 Å². The van der Waals surface area contributed by atoms with Crippen molar-refractivity contribution >= 4 is 5.97 Å². The van der Waals surface area contributed by atoms with E-state index < -0.39 is 11.2 Å². The number of carbonyl (C=O) groups is 1. The van der Waals surface area contributed by atoms with Crippen molar-refractivity contribution < 1.29 is 19.4 Å². The number of hydrogen-bond donors (Lipinski definition) is 1. The summed E-state index contributed by atoms with van der Waals surface area (Å²) in [5.41, 5.74) is 0.659. The van der Waals surface area contributed by atoms with Crippen molar-refractivity contribution in [3.8, 4) is 0 Å². The number of benzene rings is 1. The maximum atomic E-state index is 11.9. The Labute approximate surface area is 151 Å². The highest BCUT2D eigenvalue weighted by Crippen LogP contribution is 2.31. The van der Waals surface area contributed by atoms with Crippen LogP contribution < -0.4 is 0 Å². The first-order valence-electron chi connectivity index (χ1n) is 9.40. The maximum Gasteiger partial charge on any atom is 0.311 e. The molecule has 140 valence electrons. The summed E-state index contributed by atoms with van der Waals surface area (Å²) in [6, 6.07) is 10.1. The van der Waals surface area contributed by atoms with Crippen LogP contribution >= 0.6 is 0 Å². The topological polar surface area (TPSA) is 55.8 Å². The molecule has 25 heavy (non-hydrogen) atoms. The third-order valence-corrected chi connectivity index (χ3v) is 4.61. The van der Waals surface area contributed by atoms with E-state index in [2.05, 4.69) is 12.1 Å². The second kappa shape index (κ2) is 8.81. The van der Waals surface area contributed by atoms with E-state index >= 15 is 0 Å². The van der Waals surface area contributed by atoms with Gasteiger partial charge in [-0.15, -0.1) is 0 Å². The minimum atomic E-state index is -1.04. The van der Waals surface area contributed by atoms with Gasteiger partial charge in [-0.1, -0.05) is 36.8 Å². The molecular weight excluding hydrogens is 316 g/mol. The zero-order valence-electron chi connectivity index (χ0n) is 15.8. The fourth-order valence-corrected chi connectivity index (χ4v) is 3.11. The summed E-state index contributed by atoms with van der Waals surface area (Å²) in [7, 11) is 0. The molecule has 1 atom stereocenters. The number of esters is 1. The SMILES string of the molecule is CC(C)(C)C(=O)OCC[C@@H](Cc1ccccc1)OC1(O)CCCCC1. The molecule has 4 heteroatoms. The summed E-state index contributed by atoms with van der Waals surface area (Å²) >= 11 is 0. The highest BCUT2D eigenvalue weighted by atomic mass is 16.6. The summed E-state index contributed by atoms with van der Waals surface area (Å²) in [6.45, 7) is 5.85. The van der Waals surface area contributed by atoms with E-state index in [4.69, 9.17) is 9.47 Å². The maximum absolute atomic E-state index is 11.9. The summed E-state index contributed by atoms with van der Waals surface area (Å²) in [4.78, 5) is 11.9. The highest BCUT2D eigenvalue weighted by Gasteiger charge is 2.33. The highest BCUT2D eigenvalue weighted by molar-refractivity contribution is 5.75. The van der Waals surface area contributed by atoms with Crippen LogP contribution in [-0.4, -0.2) is 29.6 Å². The average Bonchev–Trinajstić information content (AvgIpc) is 2.55. The first-order valence-corrected chi connectivity index (χ1v) is 9.40. The quantitative estimate of drug-likeness (QED) is 0.591. The summed E-state index contributed by atoms with van der Waals surface area (Å²) in [6.07, 6.45) is 5.62. The second-order valence-electron chi connectivity index (χ2n) is 8.11. The molecule has 1 saturated carbocycles. The lowest BCUT2D eigenvalue weighted by atomic mass is 9.93. The van der Waals surface area contributed by atoms with E-state index in [1.54, 1.807) is 0 Å². The molecular formula is C21H32O4. The summed E-state index contributed by atoms with van der Waals surface area (Å²) in [5, 5.41) is 10.7. The molecule has 1 aromatic carbocycles. The predicted octanol–water partition coefficient (Wildman–Crippen LogP) is 4.25. The number of hydrogen-bond acceptors (Lipinski definition) is 4. The van der Waals surface area contributed by atoms with Crippen LogP contribution in [0.1, 0.15) is 64.9 Å².